The van der Waals surface area contributed by atoms with Crippen molar-refractivity contribution in [2.75, 3.05) is 5.32 Å². The number of fused-ring (bicyclic) bond motifs is 1. The van der Waals surface area contributed by atoms with E-state index in [1.807, 2.05) is 0 Å². The molecule has 0 aliphatic carbocycles. The van der Waals surface area contributed by atoms with Gasteiger partial charge < -0.3 is 10.3 Å². The number of carbonyl (C=O) groups is 1. The molecule has 0 bridgehead atoms. The van der Waals surface area contributed by atoms with Gasteiger partial charge in [0.1, 0.15) is 0 Å². The number of hydrogen-bond donors (Lipinski definition) is 4. The van der Waals surface area contributed by atoms with Crippen LogP contribution in [-0.4, -0.2) is 24.3 Å². The molecule has 0 aliphatic heterocycles. The van der Waals surface area contributed by atoms with Gasteiger partial charge in [0, 0.05) is 18.2 Å². The van der Waals surface area contributed by atoms with Crippen molar-refractivity contribution in [3.8, 4) is 0 Å². The smallest absolute Gasteiger partial charge is 0.326 e. The minimum atomic E-state index is -3.92. The van der Waals surface area contributed by atoms with E-state index in [1.54, 1.807) is 38.1 Å². The first kappa shape index (κ1) is 20.5. The van der Waals surface area contributed by atoms with Crippen molar-refractivity contribution < 1.29 is 13.2 Å². The second-order valence-electron chi connectivity index (χ2n) is 6.48. The maximum Gasteiger partial charge on any atom is 0.326 e. The molecular formula is C19H20N4O5S. The van der Waals surface area contributed by atoms with Gasteiger partial charge in [-0.3, -0.25) is 14.6 Å². The van der Waals surface area contributed by atoms with Crippen molar-refractivity contribution in [1.82, 2.24) is 14.7 Å². The van der Waals surface area contributed by atoms with Crippen LogP contribution in [0.15, 0.2) is 56.9 Å². The molecule has 4 N–H and O–H groups in total. The van der Waals surface area contributed by atoms with Gasteiger partial charge in [-0.05, 0) is 42.8 Å². The molecule has 152 valence electrons. The third-order valence-electron chi connectivity index (χ3n) is 4.37. The van der Waals surface area contributed by atoms with Gasteiger partial charge in [0.15, 0.2) is 0 Å². The van der Waals surface area contributed by atoms with Gasteiger partial charge in [-0.25, -0.2) is 17.9 Å². The average Bonchev–Trinajstić information content (AvgIpc) is 2.67. The molecule has 9 nitrogen and oxygen atoms in total. The molecule has 1 heterocycles. The quantitative estimate of drug-likeness (QED) is 0.483. The van der Waals surface area contributed by atoms with Gasteiger partial charge in [0.05, 0.1) is 15.8 Å². The van der Waals surface area contributed by atoms with Gasteiger partial charge in [0.2, 0.25) is 15.9 Å². The topological polar surface area (TPSA) is 141 Å². The zero-order chi connectivity index (χ0) is 21.2. The standard InChI is InChI=1S/C19H20N4O5S/c1-3-17(24)20-13-6-4-12(5-7-13)11(2)23-29(27,28)14-8-9-16-15(10-14)18(25)22-19(26)21-16/h4-11,23H,3H2,1-2H3,(H,20,24)(H2,21,22,25,26). The number of anilines is 1. The number of H-pyrrole nitrogens is 2. The van der Waals surface area contributed by atoms with Crippen LogP contribution in [0.2, 0.25) is 0 Å². The van der Waals surface area contributed by atoms with E-state index in [0.29, 0.717) is 17.7 Å². The van der Waals surface area contributed by atoms with Gasteiger partial charge >= 0.3 is 5.69 Å². The van der Waals surface area contributed by atoms with Crippen LogP contribution in [-0.2, 0) is 14.8 Å². The molecule has 1 aromatic heterocycles. The Balaban J connectivity index is 1.83. The lowest BCUT2D eigenvalue weighted by molar-refractivity contribution is -0.115. The number of benzene rings is 2. The van der Waals surface area contributed by atoms with Crippen molar-refractivity contribution in [3.05, 3.63) is 68.9 Å². The molecular weight excluding hydrogens is 396 g/mol. The SMILES string of the molecule is CCC(=O)Nc1ccc(C(C)NS(=O)(=O)c2ccc3[nH]c(=O)[nH]c(=O)c3c2)cc1. The van der Waals surface area contributed by atoms with Gasteiger partial charge in [-0.2, -0.15) is 0 Å². The highest BCUT2D eigenvalue weighted by atomic mass is 32.2. The van der Waals surface area contributed by atoms with Crippen molar-refractivity contribution in [2.45, 2.75) is 31.2 Å². The van der Waals surface area contributed by atoms with Crippen molar-refractivity contribution in [3.63, 3.8) is 0 Å². The van der Waals surface area contributed by atoms with E-state index >= 15 is 0 Å². The Morgan fingerprint density at radius 2 is 1.76 bits per heavy atom. The van der Waals surface area contributed by atoms with E-state index in [0.717, 1.165) is 0 Å². The lowest BCUT2D eigenvalue weighted by atomic mass is 10.1. The van der Waals surface area contributed by atoms with Crippen LogP contribution in [0.5, 0.6) is 0 Å². The zero-order valence-corrected chi connectivity index (χ0v) is 16.6. The summed E-state index contributed by atoms with van der Waals surface area (Å²) in [6, 6.07) is 10.2. The monoisotopic (exact) mass is 416 g/mol. The van der Waals surface area contributed by atoms with Crippen molar-refractivity contribution in [1.29, 1.82) is 0 Å². The molecule has 1 atom stereocenters. The lowest BCUT2D eigenvalue weighted by Crippen LogP contribution is -2.27. The van der Waals surface area contributed by atoms with E-state index in [-0.39, 0.29) is 21.7 Å². The summed E-state index contributed by atoms with van der Waals surface area (Å²) in [5.74, 6) is -0.112. The maximum atomic E-state index is 12.7. The summed E-state index contributed by atoms with van der Waals surface area (Å²) < 4.78 is 28.0. The molecule has 0 radical (unpaired) electrons. The zero-order valence-electron chi connectivity index (χ0n) is 15.8. The fourth-order valence-corrected chi connectivity index (χ4v) is 4.04. The van der Waals surface area contributed by atoms with Crippen molar-refractivity contribution in [2.24, 2.45) is 0 Å². The Bertz CT molecular complexity index is 1280. The third-order valence-corrected chi connectivity index (χ3v) is 5.91. The van der Waals surface area contributed by atoms with E-state index < -0.39 is 27.3 Å². The summed E-state index contributed by atoms with van der Waals surface area (Å²) in [6.07, 6.45) is 0.362. The van der Waals surface area contributed by atoms with Crippen LogP contribution in [0.4, 0.5) is 5.69 Å². The summed E-state index contributed by atoms with van der Waals surface area (Å²) >= 11 is 0. The highest BCUT2D eigenvalue weighted by Crippen LogP contribution is 2.20. The fourth-order valence-electron chi connectivity index (χ4n) is 2.78. The third kappa shape index (κ3) is 4.61. The number of hydrogen-bond acceptors (Lipinski definition) is 5. The van der Waals surface area contributed by atoms with E-state index in [2.05, 4.69) is 20.0 Å². The van der Waals surface area contributed by atoms with Crippen LogP contribution < -0.4 is 21.3 Å². The fraction of sp³-hybridized carbons (Fsp3) is 0.211. The molecule has 1 amide bonds. The molecule has 2 aromatic carbocycles. The number of carbonyl (C=O) groups excluding carboxylic acids is 1. The Labute approximate surface area is 166 Å². The Hall–Kier alpha value is -3.24. The van der Waals surface area contributed by atoms with E-state index in [1.165, 1.54) is 18.2 Å². The second kappa shape index (κ2) is 8.02. The predicted molar refractivity (Wildman–Crippen MR) is 109 cm³/mol. The van der Waals surface area contributed by atoms with Gasteiger partial charge in [-0.1, -0.05) is 19.1 Å². The van der Waals surface area contributed by atoms with Crippen LogP contribution in [0, 0.1) is 0 Å². The highest BCUT2D eigenvalue weighted by Gasteiger charge is 2.19. The molecule has 0 fully saturated rings. The molecule has 3 aromatic rings. The first-order valence-corrected chi connectivity index (χ1v) is 10.4. The lowest BCUT2D eigenvalue weighted by Gasteiger charge is -2.15. The maximum absolute atomic E-state index is 12.7. The van der Waals surface area contributed by atoms with Crippen LogP contribution >= 0.6 is 0 Å². The summed E-state index contributed by atoms with van der Waals surface area (Å²) in [5.41, 5.74) is 0.238. The Morgan fingerprint density at radius 3 is 2.41 bits per heavy atom. The minimum Gasteiger partial charge on any atom is -0.326 e. The van der Waals surface area contributed by atoms with Crippen LogP contribution in [0.25, 0.3) is 10.9 Å². The first-order chi connectivity index (χ1) is 13.7. The van der Waals surface area contributed by atoms with Gasteiger partial charge in [0.25, 0.3) is 5.56 Å². The van der Waals surface area contributed by atoms with Crippen LogP contribution in [0.3, 0.4) is 0 Å². The molecule has 0 saturated heterocycles. The molecule has 10 heteroatoms. The summed E-state index contributed by atoms with van der Waals surface area (Å²) in [4.78, 5) is 39.1. The van der Waals surface area contributed by atoms with Crippen LogP contribution in [0.1, 0.15) is 31.9 Å². The number of nitrogens with one attached hydrogen (secondary N) is 4. The second-order valence-corrected chi connectivity index (χ2v) is 8.20. The largest absolute Gasteiger partial charge is 0.326 e. The Morgan fingerprint density at radius 1 is 1.07 bits per heavy atom. The molecule has 0 spiro atoms. The summed E-state index contributed by atoms with van der Waals surface area (Å²) in [5, 5.41) is 2.79. The van der Waals surface area contributed by atoms with E-state index in [9.17, 15) is 22.8 Å². The number of aromatic amines is 2. The summed E-state index contributed by atoms with van der Waals surface area (Å²) in [6.45, 7) is 3.43. The highest BCUT2D eigenvalue weighted by molar-refractivity contribution is 7.89. The molecule has 1 unspecified atom stereocenters. The summed E-state index contributed by atoms with van der Waals surface area (Å²) in [7, 11) is -3.92. The normalized spacial score (nSPS) is 12.6. The average molecular weight is 416 g/mol. The van der Waals surface area contributed by atoms with Gasteiger partial charge in [-0.15, -0.1) is 0 Å². The molecule has 3 rings (SSSR count). The number of rotatable bonds is 6. The van der Waals surface area contributed by atoms with Crippen molar-refractivity contribution >= 4 is 32.5 Å². The number of aromatic nitrogens is 2. The molecule has 0 aliphatic rings. The predicted octanol–water partition coefficient (Wildman–Crippen LogP) is 1.60. The minimum absolute atomic E-state index is 0.0659. The van der Waals surface area contributed by atoms with E-state index in [4.69, 9.17) is 0 Å². The number of amides is 1. The number of sulfonamides is 1. The Kier molecular flexibility index (Phi) is 5.66. The molecule has 29 heavy (non-hydrogen) atoms. The molecule has 0 saturated carbocycles. The first-order valence-electron chi connectivity index (χ1n) is 8.88.